The smallest absolute Gasteiger partial charge is 0.159 e. The average molecular weight is 471 g/mol. The Morgan fingerprint density at radius 3 is 2.39 bits per heavy atom. The van der Waals surface area contributed by atoms with Gasteiger partial charge in [0.2, 0.25) is 0 Å². The second kappa shape index (κ2) is 9.13. The second-order valence-corrected chi connectivity index (χ2v) is 8.75. The molecule has 5 rings (SSSR count). The highest BCUT2D eigenvalue weighted by Crippen LogP contribution is 2.42. The lowest BCUT2D eigenvalue weighted by Gasteiger charge is -2.32. The molecule has 3 heterocycles. The maximum absolute atomic E-state index is 14.1. The van der Waals surface area contributed by atoms with E-state index in [1.54, 1.807) is 0 Å². The Morgan fingerprint density at radius 2 is 1.67 bits per heavy atom. The summed E-state index contributed by atoms with van der Waals surface area (Å²) < 4.78 is 29.5. The number of fused-ring (bicyclic) bond motifs is 1. The van der Waals surface area contributed by atoms with Crippen LogP contribution in [0.3, 0.4) is 0 Å². The number of nitrogens with zero attached hydrogens (tertiary/aromatic N) is 4. The number of hydrogen-bond acceptors (Lipinski definition) is 5. The Kier molecular flexibility index (Phi) is 6.05. The van der Waals surface area contributed by atoms with Gasteiger partial charge in [-0.25, -0.2) is 13.5 Å². The van der Waals surface area contributed by atoms with E-state index in [0.29, 0.717) is 39.9 Å². The van der Waals surface area contributed by atoms with E-state index in [0.717, 1.165) is 50.4 Å². The van der Waals surface area contributed by atoms with Crippen LogP contribution >= 0.6 is 11.6 Å². The maximum Gasteiger partial charge on any atom is 0.159 e. The summed E-state index contributed by atoms with van der Waals surface area (Å²) in [5, 5.41) is 5.25. The summed E-state index contributed by atoms with van der Waals surface area (Å²) in [6, 6.07) is 13.5. The van der Waals surface area contributed by atoms with E-state index < -0.39 is 11.6 Å². The monoisotopic (exact) mass is 470 g/mol. The van der Waals surface area contributed by atoms with Crippen LogP contribution in [0.15, 0.2) is 48.5 Å². The molecule has 0 atom stereocenters. The standard InChI is InChI=1S/C24H25ClF2N6/c1-31-9-11-32(12-10-31)13-14-33-24-20(22(30-33)17-7-8-18(26)19(27)15-17)21(25)23(28-29-24)16-5-3-2-4-6-16/h2-8,15,28-29H,9-14H2,1H3. The third kappa shape index (κ3) is 4.34. The first kappa shape index (κ1) is 21.9. The minimum atomic E-state index is -0.918. The van der Waals surface area contributed by atoms with Crippen LogP contribution in [-0.2, 0) is 6.54 Å². The van der Waals surface area contributed by atoms with Crippen molar-refractivity contribution in [3.63, 3.8) is 0 Å². The van der Waals surface area contributed by atoms with E-state index in [1.165, 1.54) is 6.07 Å². The highest BCUT2D eigenvalue weighted by molar-refractivity contribution is 6.53. The van der Waals surface area contributed by atoms with Crippen molar-refractivity contribution in [1.29, 1.82) is 0 Å². The first-order chi connectivity index (χ1) is 16.0. The Balaban J connectivity index is 1.54. The molecule has 0 aliphatic carbocycles. The van der Waals surface area contributed by atoms with Crippen molar-refractivity contribution in [3.8, 4) is 11.3 Å². The van der Waals surface area contributed by atoms with Crippen molar-refractivity contribution in [3.05, 3.63) is 71.3 Å². The minimum absolute atomic E-state index is 0.470. The van der Waals surface area contributed by atoms with Crippen molar-refractivity contribution < 1.29 is 8.78 Å². The van der Waals surface area contributed by atoms with E-state index in [1.807, 2.05) is 35.0 Å². The van der Waals surface area contributed by atoms with Crippen LogP contribution in [0.25, 0.3) is 22.0 Å². The summed E-state index contributed by atoms with van der Waals surface area (Å²) in [6.07, 6.45) is 0. The first-order valence-corrected chi connectivity index (χ1v) is 11.3. The van der Waals surface area contributed by atoms with Crippen molar-refractivity contribution in [2.45, 2.75) is 6.54 Å². The molecule has 172 valence electrons. The summed E-state index contributed by atoms with van der Waals surface area (Å²) in [5.41, 5.74) is 9.68. The van der Waals surface area contributed by atoms with Gasteiger partial charge in [0.25, 0.3) is 0 Å². The number of halogens is 3. The van der Waals surface area contributed by atoms with Gasteiger partial charge < -0.3 is 4.90 Å². The van der Waals surface area contributed by atoms with Crippen LogP contribution in [0, 0.1) is 11.6 Å². The van der Waals surface area contributed by atoms with Gasteiger partial charge in [0.1, 0.15) is 5.69 Å². The Labute approximate surface area is 196 Å². The van der Waals surface area contributed by atoms with Crippen molar-refractivity contribution in [2.75, 3.05) is 45.2 Å². The molecule has 3 aromatic rings. The summed E-state index contributed by atoms with van der Waals surface area (Å²) in [7, 11) is 2.13. The third-order valence-electron chi connectivity index (χ3n) is 6.18. The van der Waals surface area contributed by atoms with E-state index in [2.05, 4.69) is 27.7 Å². The summed E-state index contributed by atoms with van der Waals surface area (Å²) in [4.78, 5) is 4.71. The predicted molar refractivity (Wildman–Crippen MR) is 127 cm³/mol. The minimum Gasteiger partial charge on any atom is -0.304 e. The molecule has 2 aliphatic heterocycles. The van der Waals surface area contributed by atoms with E-state index in [9.17, 15) is 8.78 Å². The number of rotatable bonds is 5. The molecule has 2 N–H and O–H groups in total. The number of piperazine rings is 1. The highest BCUT2D eigenvalue weighted by Gasteiger charge is 2.28. The fraction of sp³-hybridized carbons (Fsp3) is 0.292. The zero-order chi connectivity index (χ0) is 22.9. The summed E-state index contributed by atoms with van der Waals surface area (Å²) >= 11 is 6.89. The number of likely N-dealkylation sites (N-methyl/N-ethyl adjacent to an activating group) is 1. The Morgan fingerprint density at radius 1 is 0.909 bits per heavy atom. The largest absolute Gasteiger partial charge is 0.304 e. The van der Waals surface area contributed by atoms with Gasteiger partial charge in [-0.2, -0.15) is 5.10 Å². The number of anilines is 1. The van der Waals surface area contributed by atoms with Gasteiger partial charge in [-0.05, 0) is 25.2 Å². The van der Waals surface area contributed by atoms with Gasteiger partial charge in [0.05, 0.1) is 22.8 Å². The molecule has 2 aliphatic rings. The molecule has 0 spiro atoms. The quantitative estimate of drug-likeness (QED) is 0.588. The topological polar surface area (TPSA) is 48.4 Å². The molecule has 2 aromatic carbocycles. The molecule has 6 nitrogen and oxygen atoms in total. The van der Waals surface area contributed by atoms with E-state index in [-0.39, 0.29) is 0 Å². The predicted octanol–water partition coefficient (Wildman–Crippen LogP) is 4.07. The molecular formula is C24H25ClF2N6. The molecule has 0 unspecified atom stereocenters. The second-order valence-electron chi connectivity index (χ2n) is 8.37. The SMILES string of the molecule is CN1CCN(CCn2nc(-c3ccc(F)c(F)c3)c3c2NNC(c2ccccc2)=C3Cl)CC1. The Bertz CT molecular complexity index is 1190. The molecule has 33 heavy (non-hydrogen) atoms. The maximum atomic E-state index is 14.1. The summed E-state index contributed by atoms with van der Waals surface area (Å²) in [6.45, 7) is 5.53. The van der Waals surface area contributed by atoms with Gasteiger partial charge in [-0.15, -0.1) is 0 Å². The number of nitrogens with one attached hydrogen (secondary N) is 2. The first-order valence-electron chi connectivity index (χ1n) is 11.0. The average Bonchev–Trinajstić information content (AvgIpc) is 3.21. The lowest BCUT2D eigenvalue weighted by atomic mass is 10.0. The molecular weight excluding hydrogens is 446 g/mol. The molecule has 1 aromatic heterocycles. The molecule has 9 heteroatoms. The molecule has 0 amide bonds. The van der Waals surface area contributed by atoms with Gasteiger partial charge in [0, 0.05) is 43.9 Å². The van der Waals surface area contributed by atoms with E-state index >= 15 is 0 Å². The van der Waals surface area contributed by atoms with E-state index in [4.69, 9.17) is 16.7 Å². The van der Waals surface area contributed by atoms with Crippen LogP contribution in [0.2, 0.25) is 0 Å². The zero-order valence-electron chi connectivity index (χ0n) is 18.3. The molecule has 1 saturated heterocycles. The molecule has 0 radical (unpaired) electrons. The lowest BCUT2D eigenvalue weighted by molar-refractivity contribution is 0.149. The van der Waals surface area contributed by atoms with Crippen molar-refractivity contribution >= 4 is 28.1 Å². The molecule has 1 fully saturated rings. The van der Waals surface area contributed by atoms with Gasteiger partial charge in [-0.1, -0.05) is 41.9 Å². The number of hydrogen-bond donors (Lipinski definition) is 2. The fourth-order valence-electron chi connectivity index (χ4n) is 4.22. The van der Waals surface area contributed by atoms with Gasteiger partial charge >= 0.3 is 0 Å². The Hall–Kier alpha value is -2.94. The fourth-order valence-corrected chi connectivity index (χ4v) is 4.55. The lowest BCUT2D eigenvalue weighted by Crippen LogP contribution is -2.45. The highest BCUT2D eigenvalue weighted by atomic mass is 35.5. The van der Waals surface area contributed by atoms with Crippen molar-refractivity contribution in [2.24, 2.45) is 0 Å². The van der Waals surface area contributed by atoms with Crippen molar-refractivity contribution in [1.82, 2.24) is 25.0 Å². The molecule has 0 bridgehead atoms. The van der Waals surface area contributed by atoms with Crippen LogP contribution in [-0.4, -0.2) is 59.4 Å². The van der Waals surface area contributed by atoms with Crippen LogP contribution in [0.1, 0.15) is 11.1 Å². The zero-order valence-corrected chi connectivity index (χ0v) is 19.0. The van der Waals surface area contributed by atoms with Crippen LogP contribution in [0.5, 0.6) is 0 Å². The third-order valence-corrected chi connectivity index (χ3v) is 6.55. The normalized spacial score (nSPS) is 17.0. The number of hydrazine groups is 1. The van der Waals surface area contributed by atoms with Crippen LogP contribution in [0.4, 0.5) is 14.6 Å². The van der Waals surface area contributed by atoms with Crippen LogP contribution < -0.4 is 10.9 Å². The van der Waals surface area contributed by atoms with Gasteiger partial charge in [-0.3, -0.25) is 15.8 Å². The summed E-state index contributed by atoms with van der Waals surface area (Å²) in [5.74, 6) is -1.11. The number of benzene rings is 2. The number of aromatic nitrogens is 2. The van der Waals surface area contributed by atoms with Gasteiger partial charge in [0.15, 0.2) is 17.5 Å². The molecule has 0 saturated carbocycles.